The molecule has 0 unspecified atom stereocenters. The van der Waals surface area contributed by atoms with E-state index in [4.69, 9.17) is 0 Å². The maximum absolute atomic E-state index is 11.8. The van der Waals surface area contributed by atoms with Gasteiger partial charge in [-0.1, -0.05) is 0 Å². The number of rotatable bonds is 5. The monoisotopic (exact) mass is 215 g/mol. The van der Waals surface area contributed by atoms with E-state index in [2.05, 4.69) is 5.32 Å². The number of carbonyl (C=O) groups excluding carboxylic acids is 1. The number of likely N-dealkylation sites (N-methyl/N-ethyl adjacent to an activating group) is 3. The molecule has 0 atom stereocenters. The number of carbonyl (C=O) groups is 1. The SMILES string of the molecule is CNCCN(C)CC(=O)N(C)C(C)(C)C. The molecule has 0 aliphatic rings. The van der Waals surface area contributed by atoms with E-state index in [1.165, 1.54) is 0 Å². The number of nitrogens with one attached hydrogen (secondary N) is 1. The lowest BCUT2D eigenvalue weighted by Gasteiger charge is -2.33. The van der Waals surface area contributed by atoms with E-state index in [9.17, 15) is 4.79 Å². The zero-order valence-corrected chi connectivity index (χ0v) is 10.9. The summed E-state index contributed by atoms with van der Waals surface area (Å²) in [5.41, 5.74) is -0.0963. The Morgan fingerprint density at radius 2 is 1.80 bits per heavy atom. The Morgan fingerprint density at radius 1 is 1.27 bits per heavy atom. The molecule has 0 fully saturated rings. The summed E-state index contributed by atoms with van der Waals surface area (Å²) in [5.74, 6) is 0.168. The number of nitrogens with zero attached hydrogens (tertiary/aromatic N) is 2. The van der Waals surface area contributed by atoms with Crippen molar-refractivity contribution in [3.8, 4) is 0 Å². The van der Waals surface area contributed by atoms with E-state index in [0.717, 1.165) is 13.1 Å². The molecule has 0 heterocycles. The summed E-state index contributed by atoms with van der Waals surface area (Å²) >= 11 is 0. The zero-order valence-electron chi connectivity index (χ0n) is 10.9. The van der Waals surface area contributed by atoms with Crippen molar-refractivity contribution in [2.45, 2.75) is 26.3 Å². The molecule has 15 heavy (non-hydrogen) atoms. The summed E-state index contributed by atoms with van der Waals surface area (Å²) in [6, 6.07) is 0. The number of hydrogen-bond acceptors (Lipinski definition) is 3. The largest absolute Gasteiger partial charge is 0.340 e. The minimum atomic E-state index is -0.0963. The minimum absolute atomic E-state index is 0.0963. The van der Waals surface area contributed by atoms with E-state index in [1.807, 2.05) is 46.8 Å². The van der Waals surface area contributed by atoms with E-state index >= 15 is 0 Å². The average molecular weight is 215 g/mol. The molecule has 90 valence electrons. The van der Waals surface area contributed by atoms with Crippen molar-refractivity contribution in [1.29, 1.82) is 0 Å². The van der Waals surface area contributed by atoms with Crippen LogP contribution in [-0.4, -0.2) is 62.0 Å². The van der Waals surface area contributed by atoms with Gasteiger partial charge in [0, 0.05) is 25.7 Å². The van der Waals surface area contributed by atoms with Crippen LogP contribution in [0.1, 0.15) is 20.8 Å². The highest BCUT2D eigenvalue weighted by Gasteiger charge is 2.22. The normalized spacial score (nSPS) is 11.9. The molecule has 0 aromatic rings. The fourth-order valence-corrected chi connectivity index (χ4v) is 1.09. The molecule has 0 saturated heterocycles. The summed E-state index contributed by atoms with van der Waals surface area (Å²) in [6.07, 6.45) is 0. The Hall–Kier alpha value is -0.610. The van der Waals surface area contributed by atoms with Crippen molar-refractivity contribution in [3.63, 3.8) is 0 Å². The van der Waals surface area contributed by atoms with Crippen LogP contribution >= 0.6 is 0 Å². The molecule has 0 saturated carbocycles. The predicted molar refractivity (Wildman–Crippen MR) is 63.9 cm³/mol. The van der Waals surface area contributed by atoms with Gasteiger partial charge in [-0.3, -0.25) is 9.69 Å². The lowest BCUT2D eigenvalue weighted by molar-refractivity contribution is -0.134. The van der Waals surface area contributed by atoms with Crippen molar-refractivity contribution in [2.75, 3.05) is 40.8 Å². The number of hydrogen-bond donors (Lipinski definition) is 1. The maximum Gasteiger partial charge on any atom is 0.236 e. The Morgan fingerprint density at radius 3 is 2.20 bits per heavy atom. The van der Waals surface area contributed by atoms with Crippen LogP contribution in [0.5, 0.6) is 0 Å². The van der Waals surface area contributed by atoms with E-state index in [-0.39, 0.29) is 11.4 Å². The van der Waals surface area contributed by atoms with Crippen molar-refractivity contribution in [1.82, 2.24) is 15.1 Å². The highest BCUT2D eigenvalue weighted by Crippen LogP contribution is 2.10. The molecule has 0 bridgehead atoms. The van der Waals surface area contributed by atoms with Crippen LogP contribution in [0.15, 0.2) is 0 Å². The first-order valence-corrected chi connectivity index (χ1v) is 5.39. The van der Waals surface area contributed by atoms with E-state index in [0.29, 0.717) is 6.54 Å². The molecule has 4 nitrogen and oxygen atoms in total. The van der Waals surface area contributed by atoms with Crippen LogP contribution in [0.2, 0.25) is 0 Å². The Bertz CT molecular complexity index is 198. The van der Waals surface area contributed by atoms with E-state index < -0.39 is 0 Å². The fraction of sp³-hybridized carbons (Fsp3) is 0.909. The molecule has 0 radical (unpaired) electrons. The van der Waals surface area contributed by atoms with Crippen LogP contribution in [0.3, 0.4) is 0 Å². The van der Waals surface area contributed by atoms with Crippen molar-refractivity contribution in [2.24, 2.45) is 0 Å². The Kier molecular flexibility index (Phi) is 5.83. The average Bonchev–Trinajstić information content (AvgIpc) is 2.11. The van der Waals surface area contributed by atoms with Crippen molar-refractivity contribution < 1.29 is 4.79 Å². The lowest BCUT2D eigenvalue weighted by Crippen LogP contribution is -2.47. The van der Waals surface area contributed by atoms with Gasteiger partial charge < -0.3 is 10.2 Å². The van der Waals surface area contributed by atoms with Gasteiger partial charge in [-0.15, -0.1) is 0 Å². The van der Waals surface area contributed by atoms with Crippen molar-refractivity contribution >= 4 is 5.91 Å². The van der Waals surface area contributed by atoms with Gasteiger partial charge in [-0.25, -0.2) is 0 Å². The molecule has 0 aliphatic heterocycles. The van der Waals surface area contributed by atoms with E-state index in [1.54, 1.807) is 4.90 Å². The molecule has 0 aromatic carbocycles. The van der Waals surface area contributed by atoms with Gasteiger partial charge in [0.05, 0.1) is 6.54 Å². The molecule has 1 N–H and O–H groups in total. The number of amides is 1. The van der Waals surface area contributed by atoms with Gasteiger partial charge in [0.2, 0.25) is 5.91 Å². The second-order valence-corrected chi connectivity index (χ2v) is 4.96. The van der Waals surface area contributed by atoms with Crippen LogP contribution < -0.4 is 5.32 Å². The Labute approximate surface area is 93.6 Å². The van der Waals surface area contributed by atoms with Crippen LogP contribution in [-0.2, 0) is 4.79 Å². The van der Waals surface area contributed by atoms with Crippen molar-refractivity contribution in [3.05, 3.63) is 0 Å². The second-order valence-electron chi connectivity index (χ2n) is 4.96. The molecule has 0 rings (SSSR count). The van der Waals surface area contributed by atoms with Gasteiger partial charge in [0.1, 0.15) is 0 Å². The molecule has 1 amide bonds. The predicted octanol–water partition coefficient (Wildman–Crippen LogP) is 0.395. The topological polar surface area (TPSA) is 35.6 Å². The molecular weight excluding hydrogens is 190 g/mol. The lowest BCUT2D eigenvalue weighted by atomic mass is 10.1. The molecule has 0 aliphatic carbocycles. The summed E-state index contributed by atoms with van der Waals surface area (Å²) in [5, 5.41) is 3.06. The third-order valence-electron chi connectivity index (χ3n) is 2.53. The molecule has 0 aromatic heterocycles. The minimum Gasteiger partial charge on any atom is -0.340 e. The molecule has 0 spiro atoms. The molecule has 4 heteroatoms. The smallest absolute Gasteiger partial charge is 0.236 e. The van der Waals surface area contributed by atoms with Crippen LogP contribution in [0, 0.1) is 0 Å². The maximum atomic E-state index is 11.8. The standard InChI is InChI=1S/C11H25N3O/c1-11(2,3)14(6)10(15)9-13(5)8-7-12-4/h12H,7-9H2,1-6H3. The summed E-state index contributed by atoms with van der Waals surface area (Å²) in [4.78, 5) is 15.7. The van der Waals surface area contributed by atoms with Gasteiger partial charge in [-0.2, -0.15) is 0 Å². The summed E-state index contributed by atoms with van der Waals surface area (Å²) < 4.78 is 0. The second kappa shape index (κ2) is 6.08. The first-order chi connectivity index (χ1) is 6.79. The highest BCUT2D eigenvalue weighted by atomic mass is 16.2. The van der Waals surface area contributed by atoms with Crippen LogP contribution in [0.4, 0.5) is 0 Å². The summed E-state index contributed by atoms with van der Waals surface area (Å²) in [6.45, 7) is 8.40. The zero-order chi connectivity index (χ0) is 12.1. The summed E-state index contributed by atoms with van der Waals surface area (Å²) in [7, 11) is 5.73. The van der Waals surface area contributed by atoms with Crippen LogP contribution in [0.25, 0.3) is 0 Å². The highest BCUT2D eigenvalue weighted by molar-refractivity contribution is 5.78. The van der Waals surface area contributed by atoms with Gasteiger partial charge in [-0.05, 0) is 34.9 Å². The van der Waals surface area contributed by atoms with Gasteiger partial charge >= 0.3 is 0 Å². The first kappa shape index (κ1) is 14.4. The molecular formula is C11H25N3O. The third-order valence-corrected chi connectivity index (χ3v) is 2.53. The van der Waals surface area contributed by atoms with Gasteiger partial charge in [0.25, 0.3) is 0 Å². The quantitative estimate of drug-likeness (QED) is 0.721. The Balaban J connectivity index is 4.02. The fourth-order valence-electron chi connectivity index (χ4n) is 1.09. The third kappa shape index (κ3) is 5.74. The van der Waals surface area contributed by atoms with Gasteiger partial charge in [0.15, 0.2) is 0 Å². The first-order valence-electron chi connectivity index (χ1n) is 5.39.